The van der Waals surface area contributed by atoms with E-state index < -0.39 is 17.2 Å². The number of aromatic nitrogens is 2. The lowest BCUT2D eigenvalue weighted by atomic mass is 10.1. The maximum Gasteiger partial charge on any atom is 0.257 e. The molecule has 0 spiro atoms. The molecule has 0 radical (unpaired) electrons. The van der Waals surface area contributed by atoms with Gasteiger partial charge in [-0.15, -0.1) is 11.3 Å². The van der Waals surface area contributed by atoms with Gasteiger partial charge in [-0.3, -0.25) is 9.59 Å². The highest BCUT2D eigenvalue weighted by Gasteiger charge is 2.27. The molecule has 1 saturated carbocycles. The van der Waals surface area contributed by atoms with Crippen LogP contribution in [0.15, 0.2) is 28.5 Å². The lowest BCUT2D eigenvalue weighted by Crippen LogP contribution is -2.29. The minimum atomic E-state index is -0.672. The zero-order chi connectivity index (χ0) is 18.4. The Labute approximate surface area is 157 Å². The van der Waals surface area contributed by atoms with Gasteiger partial charge in [0.2, 0.25) is 5.43 Å². The topological polar surface area (TPSA) is 64.0 Å². The molecule has 1 amide bonds. The van der Waals surface area contributed by atoms with Crippen molar-refractivity contribution in [2.75, 3.05) is 0 Å². The van der Waals surface area contributed by atoms with Crippen LogP contribution in [0, 0.1) is 12.7 Å². The molecule has 0 aliphatic heterocycles. The molecule has 0 saturated heterocycles. The van der Waals surface area contributed by atoms with Crippen molar-refractivity contribution in [3.63, 3.8) is 0 Å². The Balaban J connectivity index is 1.74. The summed E-state index contributed by atoms with van der Waals surface area (Å²) in [5.41, 5.74) is 0.934. The van der Waals surface area contributed by atoms with Crippen LogP contribution in [0.1, 0.15) is 39.9 Å². The molecule has 1 aliphatic carbocycles. The van der Waals surface area contributed by atoms with Crippen molar-refractivity contribution in [3.8, 4) is 0 Å². The van der Waals surface area contributed by atoms with E-state index in [-0.39, 0.29) is 28.6 Å². The Morgan fingerprint density at radius 3 is 2.88 bits per heavy atom. The lowest BCUT2D eigenvalue weighted by molar-refractivity contribution is 0.0949. The van der Waals surface area contributed by atoms with Gasteiger partial charge in [-0.2, -0.15) is 0 Å². The zero-order valence-electron chi connectivity index (χ0n) is 13.9. The SMILES string of the molecule is Cc1csc(CNC(=O)c2cn(C3CC3)c3cc(Cl)c(F)cc3c2=O)n1. The Hall–Kier alpha value is -2.25. The van der Waals surface area contributed by atoms with Crippen LogP contribution in [-0.2, 0) is 6.54 Å². The first-order valence-corrected chi connectivity index (χ1v) is 9.43. The Kier molecular flexibility index (Phi) is 4.28. The van der Waals surface area contributed by atoms with E-state index in [1.54, 1.807) is 6.20 Å². The fraction of sp³-hybridized carbons (Fsp3) is 0.278. The van der Waals surface area contributed by atoms with Gasteiger partial charge in [0.25, 0.3) is 5.91 Å². The van der Waals surface area contributed by atoms with E-state index in [2.05, 4.69) is 10.3 Å². The molecular weight excluding hydrogens is 377 g/mol. The van der Waals surface area contributed by atoms with Crippen molar-refractivity contribution in [1.82, 2.24) is 14.9 Å². The summed E-state index contributed by atoms with van der Waals surface area (Å²) in [5.74, 6) is -1.16. The van der Waals surface area contributed by atoms with Gasteiger partial charge in [-0.25, -0.2) is 9.37 Å². The molecule has 1 aromatic carbocycles. The van der Waals surface area contributed by atoms with E-state index in [0.29, 0.717) is 5.52 Å². The van der Waals surface area contributed by atoms with Crippen LogP contribution < -0.4 is 10.7 Å². The maximum atomic E-state index is 13.9. The largest absolute Gasteiger partial charge is 0.345 e. The molecule has 3 aromatic rings. The molecule has 0 unspecified atom stereocenters. The number of carbonyl (C=O) groups excluding carboxylic acids is 1. The van der Waals surface area contributed by atoms with Crippen LogP contribution in [0.4, 0.5) is 4.39 Å². The number of pyridine rings is 1. The highest BCUT2D eigenvalue weighted by atomic mass is 35.5. The number of hydrogen-bond donors (Lipinski definition) is 1. The molecular formula is C18H15ClFN3O2S. The van der Waals surface area contributed by atoms with Gasteiger partial charge < -0.3 is 9.88 Å². The van der Waals surface area contributed by atoms with Gasteiger partial charge >= 0.3 is 0 Å². The second-order valence-electron chi connectivity index (χ2n) is 6.36. The van der Waals surface area contributed by atoms with E-state index in [1.165, 1.54) is 17.4 Å². The summed E-state index contributed by atoms with van der Waals surface area (Å²) in [5, 5.41) is 5.50. The van der Waals surface area contributed by atoms with E-state index in [0.717, 1.165) is 29.6 Å². The second-order valence-corrected chi connectivity index (χ2v) is 7.71. The van der Waals surface area contributed by atoms with Crippen LogP contribution in [0.3, 0.4) is 0 Å². The molecule has 0 atom stereocenters. The number of nitrogens with one attached hydrogen (secondary N) is 1. The molecule has 1 aliphatic rings. The number of nitrogens with zero attached hydrogens (tertiary/aromatic N) is 2. The second kappa shape index (κ2) is 6.48. The van der Waals surface area contributed by atoms with Crippen molar-refractivity contribution in [1.29, 1.82) is 0 Å². The third-order valence-electron chi connectivity index (χ3n) is 4.33. The molecule has 1 N–H and O–H groups in total. The smallest absolute Gasteiger partial charge is 0.257 e. The third kappa shape index (κ3) is 3.12. The monoisotopic (exact) mass is 391 g/mol. The zero-order valence-corrected chi connectivity index (χ0v) is 15.5. The van der Waals surface area contributed by atoms with Gasteiger partial charge in [-0.1, -0.05) is 11.6 Å². The number of aryl methyl sites for hydroxylation is 1. The highest BCUT2D eigenvalue weighted by Crippen LogP contribution is 2.37. The number of rotatable bonds is 4. The first-order chi connectivity index (χ1) is 12.4. The van der Waals surface area contributed by atoms with Crippen LogP contribution in [0.2, 0.25) is 5.02 Å². The summed E-state index contributed by atoms with van der Waals surface area (Å²) in [7, 11) is 0. The third-order valence-corrected chi connectivity index (χ3v) is 5.58. The van der Waals surface area contributed by atoms with Crippen LogP contribution >= 0.6 is 22.9 Å². The summed E-state index contributed by atoms with van der Waals surface area (Å²) < 4.78 is 15.7. The van der Waals surface area contributed by atoms with E-state index in [4.69, 9.17) is 11.6 Å². The number of amides is 1. The summed E-state index contributed by atoms with van der Waals surface area (Å²) >= 11 is 7.33. The average Bonchev–Trinajstić information content (AvgIpc) is 3.36. The fourth-order valence-electron chi connectivity index (χ4n) is 2.90. The predicted molar refractivity (Wildman–Crippen MR) is 99.5 cm³/mol. The number of benzene rings is 1. The van der Waals surface area contributed by atoms with E-state index >= 15 is 0 Å². The van der Waals surface area contributed by atoms with Gasteiger partial charge in [0.15, 0.2) is 0 Å². The number of halogens is 2. The van der Waals surface area contributed by atoms with Crippen LogP contribution in [0.5, 0.6) is 0 Å². The molecule has 134 valence electrons. The average molecular weight is 392 g/mol. The van der Waals surface area contributed by atoms with Crippen molar-refractivity contribution in [3.05, 3.63) is 61.0 Å². The minimum Gasteiger partial charge on any atom is -0.345 e. The summed E-state index contributed by atoms with van der Waals surface area (Å²) in [6.45, 7) is 2.12. The van der Waals surface area contributed by atoms with Crippen LogP contribution in [0.25, 0.3) is 10.9 Å². The Morgan fingerprint density at radius 1 is 1.46 bits per heavy atom. The summed E-state index contributed by atoms with van der Waals surface area (Å²) in [6.07, 6.45) is 3.46. The molecule has 2 heterocycles. The first-order valence-electron chi connectivity index (χ1n) is 8.17. The van der Waals surface area contributed by atoms with Gasteiger partial charge in [-0.05, 0) is 31.9 Å². The number of thiazole rings is 1. The molecule has 0 bridgehead atoms. The first kappa shape index (κ1) is 17.2. The van der Waals surface area contributed by atoms with Crippen molar-refractivity contribution >= 4 is 39.7 Å². The maximum absolute atomic E-state index is 13.9. The normalized spacial score (nSPS) is 14.0. The molecule has 2 aromatic heterocycles. The van der Waals surface area contributed by atoms with Crippen molar-refractivity contribution < 1.29 is 9.18 Å². The molecule has 5 nitrogen and oxygen atoms in total. The number of carbonyl (C=O) groups is 1. The van der Waals surface area contributed by atoms with Crippen molar-refractivity contribution in [2.24, 2.45) is 0 Å². The molecule has 8 heteroatoms. The van der Waals surface area contributed by atoms with Crippen LogP contribution in [-0.4, -0.2) is 15.5 Å². The minimum absolute atomic E-state index is 0.000555. The number of fused-ring (bicyclic) bond motifs is 1. The Morgan fingerprint density at radius 2 is 2.23 bits per heavy atom. The standard InChI is InChI=1S/C18H15ClFN3O2S/c1-9-8-26-16(22-9)6-21-18(25)12-7-23(10-2-3-10)15-5-13(19)14(20)4-11(15)17(12)24/h4-5,7-8,10H,2-3,6H2,1H3,(H,21,25). The highest BCUT2D eigenvalue weighted by molar-refractivity contribution is 7.09. The van der Waals surface area contributed by atoms with Gasteiger partial charge in [0, 0.05) is 28.7 Å². The fourth-order valence-corrected chi connectivity index (χ4v) is 3.77. The van der Waals surface area contributed by atoms with Gasteiger partial charge in [0.05, 0.1) is 17.1 Å². The molecule has 1 fully saturated rings. The summed E-state index contributed by atoms with van der Waals surface area (Å²) in [4.78, 5) is 29.6. The Bertz CT molecular complexity index is 1090. The predicted octanol–water partition coefficient (Wildman–Crippen LogP) is 3.82. The van der Waals surface area contributed by atoms with E-state index in [1.807, 2.05) is 16.9 Å². The number of hydrogen-bond acceptors (Lipinski definition) is 4. The van der Waals surface area contributed by atoms with Crippen molar-refractivity contribution in [2.45, 2.75) is 32.4 Å². The quantitative estimate of drug-likeness (QED) is 0.735. The molecule has 4 rings (SSSR count). The van der Waals surface area contributed by atoms with E-state index in [9.17, 15) is 14.0 Å². The van der Waals surface area contributed by atoms with Gasteiger partial charge in [0.1, 0.15) is 16.4 Å². The summed E-state index contributed by atoms with van der Waals surface area (Å²) in [6, 6.07) is 2.76. The lowest BCUT2D eigenvalue weighted by Gasteiger charge is -2.13. The molecule has 26 heavy (non-hydrogen) atoms.